The summed E-state index contributed by atoms with van der Waals surface area (Å²) < 4.78 is 2.06. The van der Waals surface area contributed by atoms with Gasteiger partial charge in [0.2, 0.25) is 0 Å². The van der Waals surface area contributed by atoms with Gasteiger partial charge < -0.3 is 10.3 Å². The third kappa shape index (κ3) is 2.24. The average molecular weight is 229 g/mol. The van der Waals surface area contributed by atoms with E-state index in [4.69, 9.17) is 5.73 Å². The number of hydrogen-bond acceptors (Lipinski definition) is 2. The van der Waals surface area contributed by atoms with E-state index in [1.165, 1.54) is 22.4 Å². The highest BCUT2D eigenvalue weighted by atomic mass is 15.0. The molecule has 0 radical (unpaired) electrons. The summed E-state index contributed by atoms with van der Waals surface area (Å²) in [5.74, 6) is 0. The largest absolute Gasteiger partial charge is 0.337 e. The van der Waals surface area contributed by atoms with E-state index < -0.39 is 0 Å². The van der Waals surface area contributed by atoms with Crippen LogP contribution in [0.3, 0.4) is 0 Å². The van der Waals surface area contributed by atoms with Gasteiger partial charge in [-0.25, -0.2) is 4.98 Å². The summed E-state index contributed by atoms with van der Waals surface area (Å²) in [6.07, 6.45) is 2.72. The molecule has 0 aliphatic rings. The minimum Gasteiger partial charge on any atom is -0.337 e. The van der Waals surface area contributed by atoms with Gasteiger partial charge in [0.25, 0.3) is 0 Å². The number of imidazole rings is 1. The lowest BCUT2D eigenvalue weighted by Crippen LogP contribution is -2.07. The summed E-state index contributed by atoms with van der Waals surface area (Å²) in [4.78, 5) is 4.50. The maximum atomic E-state index is 5.66. The van der Waals surface area contributed by atoms with Gasteiger partial charge in [-0.2, -0.15) is 0 Å². The second-order valence-electron chi connectivity index (χ2n) is 4.51. The van der Waals surface area contributed by atoms with E-state index in [9.17, 15) is 0 Å². The first-order valence-corrected chi connectivity index (χ1v) is 5.91. The first kappa shape index (κ1) is 11.9. The second-order valence-corrected chi connectivity index (χ2v) is 4.51. The first-order chi connectivity index (χ1) is 8.13. The Hall–Kier alpha value is -1.61. The Balaban J connectivity index is 2.52. The van der Waals surface area contributed by atoms with Crippen molar-refractivity contribution in [3.63, 3.8) is 0 Å². The fourth-order valence-corrected chi connectivity index (χ4v) is 2.19. The summed E-state index contributed by atoms with van der Waals surface area (Å²) in [6, 6.07) is 6.46. The molecule has 0 aliphatic carbocycles. The van der Waals surface area contributed by atoms with Gasteiger partial charge >= 0.3 is 0 Å². The number of aryl methyl sites for hydroxylation is 3. The van der Waals surface area contributed by atoms with Crippen molar-refractivity contribution >= 4 is 0 Å². The van der Waals surface area contributed by atoms with Crippen molar-refractivity contribution < 1.29 is 0 Å². The van der Waals surface area contributed by atoms with Crippen molar-refractivity contribution in [3.05, 3.63) is 41.3 Å². The number of rotatable bonds is 3. The zero-order chi connectivity index (χ0) is 12.4. The Labute approximate surface area is 102 Å². The van der Waals surface area contributed by atoms with Crippen LogP contribution in [0.2, 0.25) is 0 Å². The quantitative estimate of drug-likeness (QED) is 0.877. The van der Waals surface area contributed by atoms with Crippen LogP contribution < -0.4 is 5.73 Å². The smallest absolute Gasteiger partial charge is 0.0953 e. The van der Waals surface area contributed by atoms with Crippen LogP contribution in [0.4, 0.5) is 0 Å². The number of nitrogens with two attached hydrogens (primary N) is 1. The van der Waals surface area contributed by atoms with Crippen molar-refractivity contribution in [2.45, 2.75) is 20.3 Å². The predicted molar refractivity (Wildman–Crippen MR) is 70.9 cm³/mol. The Morgan fingerprint density at radius 3 is 2.71 bits per heavy atom. The monoisotopic (exact) mass is 229 g/mol. The van der Waals surface area contributed by atoms with Crippen LogP contribution in [0.5, 0.6) is 0 Å². The molecule has 1 aromatic carbocycles. The highest BCUT2D eigenvalue weighted by Crippen LogP contribution is 2.26. The van der Waals surface area contributed by atoms with Crippen molar-refractivity contribution in [3.8, 4) is 11.3 Å². The Morgan fingerprint density at radius 2 is 2.06 bits per heavy atom. The zero-order valence-electron chi connectivity index (χ0n) is 10.7. The summed E-state index contributed by atoms with van der Waals surface area (Å²) >= 11 is 0. The van der Waals surface area contributed by atoms with E-state index in [1.807, 2.05) is 13.4 Å². The molecule has 1 heterocycles. The molecule has 90 valence electrons. The minimum atomic E-state index is 0.650. The molecule has 3 heteroatoms. The Morgan fingerprint density at radius 1 is 1.29 bits per heavy atom. The first-order valence-electron chi connectivity index (χ1n) is 5.91. The summed E-state index contributed by atoms with van der Waals surface area (Å²) in [5.41, 5.74) is 11.7. The van der Waals surface area contributed by atoms with E-state index in [0.29, 0.717) is 6.54 Å². The Bertz CT molecular complexity index is 526. The lowest BCUT2D eigenvalue weighted by Gasteiger charge is -2.08. The molecule has 0 amide bonds. The van der Waals surface area contributed by atoms with E-state index in [0.717, 1.165) is 12.1 Å². The van der Waals surface area contributed by atoms with Gasteiger partial charge in [-0.3, -0.25) is 0 Å². The molecule has 2 aromatic rings. The fourth-order valence-electron chi connectivity index (χ4n) is 2.19. The minimum absolute atomic E-state index is 0.650. The van der Waals surface area contributed by atoms with Crippen LogP contribution >= 0.6 is 0 Å². The van der Waals surface area contributed by atoms with Gasteiger partial charge in [-0.1, -0.05) is 23.8 Å². The maximum Gasteiger partial charge on any atom is 0.0953 e. The van der Waals surface area contributed by atoms with Crippen molar-refractivity contribution in [1.82, 2.24) is 9.55 Å². The molecule has 0 spiro atoms. The third-order valence-corrected chi connectivity index (χ3v) is 3.08. The summed E-state index contributed by atoms with van der Waals surface area (Å²) in [6.45, 7) is 4.89. The third-order valence-electron chi connectivity index (χ3n) is 3.08. The molecule has 0 unspecified atom stereocenters. The molecule has 2 rings (SSSR count). The molecule has 0 saturated carbocycles. The Kier molecular flexibility index (Phi) is 3.29. The highest BCUT2D eigenvalue weighted by molar-refractivity contribution is 5.66. The molecule has 0 atom stereocenters. The van der Waals surface area contributed by atoms with Crippen LogP contribution in [-0.2, 0) is 13.5 Å². The van der Waals surface area contributed by atoms with Gasteiger partial charge in [-0.05, 0) is 26.0 Å². The van der Waals surface area contributed by atoms with Crippen molar-refractivity contribution in [1.29, 1.82) is 0 Å². The standard InChI is InChI=1S/C14H19N3/c1-10-4-5-12(11(2)8-10)14-13(6-7-15)17(3)9-16-14/h4-5,8-9H,6-7,15H2,1-3H3. The number of hydrogen-bond donors (Lipinski definition) is 1. The van der Waals surface area contributed by atoms with Gasteiger partial charge in [0.15, 0.2) is 0 Å². The van der Waals surface area contributed by atoms with Gasteiger partial charge in [0.1, 0.15) is 0 Å². The van der Waals surface area contributed by atoms with Crippen molar-refractivity contribution in [2.75, 3.05) is 6.54 Å². The van der Waals surface area contributed by atoms with E-state index in [1.54, 1.807) is 0 Å². The van der Waals surface area contributed by atoms with Crippen molar-refractivity contribution in [2.24, 2.45) is 12.8 Å². The normalized spacial score (nSPS) is 10.8. The van der Waals surface area contributed by atoms with Gasteiger partial charge in [0, 0.05) is 24.7 Å². The lowest BCUT2D eigenvalue weighted by molar-refractivity contribution is 0.805. The molecule has 0 aliphatic heterocycles. The number of benzene rings is 1. The molecule has 1 aromatic heterocycles. The molecule has 2 N–H and O–H groups in total. The van der Waals surface area contributed by atoms with E-state index in [2.05, 4.69) is 41.6 Å². The molecule has 17 heavy (non-hydrogen) atoms. The predicted octanol–water partition coefficient (Wildman–Crippen LogP) is 2.21. The van der Waals surface area contributed by atoms with E-state index >= 15 is 0 Å². The molecule has 0 saturated heterocycles. The molecule has 0 bridgehead atoms. The number of aromatic nitrogens is 2. The molecular weight excluding hydrogens is 210 g/mol. The summed E-state index contributed by atoms with van der Waals surface area (Å²) in [7, 11) is 2.02. The lowest BCUT2D eigenvalue weighted by atomic mass is 10.0. The van der Waals surface area contributed by atoms with Crippen LogP contribution in [0, 0.1) is 13.8 Å². The summed E-state index contributed by atoms with van der Waals surface area (Å²) in [5, 5.41) is 0. The number of nitrogens with zero attached hydrogens (tertiary/aromatic N) is 2. The molecule has 3 nitrogen and oxygen atoms in total. The molecular formula is C14H19N3. The highest BCUT2D eigenvalue weighted by Gasteiger charge is 2.12. The van der Waals surface area contributed by atoms with Crippen LogP contribution in [0.25, 0.3) is 11.3 Å². The maximum absolute atomic E-state index is 5.66. The zero-order valence-corrected chi connectivity index (χ0v) is 10.7. The van der Waals surface area contributed by atoms with Gasteiger partial charge in [0.05, 0.1) is 12.0 Å². The second kappa shape index (κ2) is 4.72. The molecule has 0 fully saturated rings. The van der Waals surface area contributed by atoms with Crippen LogP contribution in [0.15, 0.2) is 24.5 Å². The fraction of sp³-hybridized carbons (Fsp3) is 0.357. The topological polar surface area (TPSA) is 43.8 Å². The van der Waals surface area contributed by atoms with Crippen LogP contribution in [0.1, 0.15) is 16.8 Å². The van der Waals surface area contributed by atoms with Crippen LogP contribution in [-0.4, -0.2) is 16.1 Å². The SMILES string of the molecule is Cc1ccc(-c2ncn(C)c2CCN)c(C)c1. The average Bonchev–Trinajstić information content (AvgIpc) is 2.62. The van der Waals surface area contributed by atoms with E-state index in [-0.39, 0.29) is 0 Å². The van der Waals surface area contributed by atoms with Gasteiger partial charge in [-0.15, -0.1) is 0 Å².